The summed E-state index contributed by atoms with van der Waals surface area (Å²) in [7, 11) is 0. The van der Waals surface area contributed by atoms with Crippen molar-refractivity contribution < 1.29 is 4.74 Å². The molecule has 3 nitrogen and oxygen atoms in total. The molecule has 3 heteroatoms. The summed E-state index contributed by atoms with van der Waals surface area (Å²) in [5.41, 5.74) is 10.7. The van der Waals surface area contributed by atoms with Crippen LogP contribution in [0.2, 0.25) is 0 Å². The predicted octanol–water partition coefficient (Wildman–Crippen LogP) is 1.72. The first-order valence-electron chi connectivity index (χ1n) is 5.83. The highest BCUT2D eigenvalue weighted by atomic mass is 16.5. The van der Waals surface area contributed by atoms with E-state index in [9.17, 15) is 0 Å². The standard InChI is InChI=1S/C13H20N2O/c1-10-11(2)13(14)4-3-12(10)9-15-5-7-16-8-6-15/h3-4H,5-9,14H2,1-2H3. The number of morpholine rings is 1. The third-order valence-corrected chi connectivity index (χ3v) is 3.44. The first-order valence-corrected chi connectivity index (χ1v) is 5.83. The van der Waals surface area contributed by atoms with Crippen molar-refractivity contribution in [3.8, 4) is 0 Å². The van der Waals surface area contributed by atoms with Crippen LogP contribution in [-0.4, -0.2) is 31.2 Å². The molecule has 0 spiro atoms. The molecule has 16 heavy (non-hydrogen) atoms. The van der Waals surface area contributed by atoms with Gasteiger partial charge in [0.05, 0.1) is 13.2 Å². The van der Waals surface area contributed by atoms with E-state index in [1.807, 2.05) is 6.07 Å². The van der Waals surface area contributed by atoms with Crippen LogP contribution in [-0.2, 0) is 11.3 Å². The third kappa shape index (κ3) is 2.36. The Morgan fingerprint density at radius 3 is 2.56 bits per heavy atom. The SMILES string of the molecule is Cc1c(N)ccc(CN2CCOCC2)c1C. The third-order valence-electron chi connectivity index (χ3n) is 3.44. The van der Waals surface area contributed by atoms with Crippen LogP contribution in [0, 0.1) is 13.8 Å². The molecular formula is C13H20N2O. The van der Waals surface area contributed by atoms with Crippen molar-refractivity contribution in [3.63, 3.8) is 0 Å². The molecule has 2 rings (SSSR count). The van der Waals surface area contributed by atoms with Crippen molar-refractivity contribution in [2.45, 2.75) is 20.4 Å². The predicted molar refractivity (Wildman–Crippen MR) is 66.4 cm³/mol. The van der Waals surface area contributed by atoms with Crippen molar-refractivity contribution in [1.29, 1.82) is 0 Å². The number of nitrogens with two attached hydrogens (primary N) is 1. The second-order valence-electron chi connectivity index (χ2n) is 4.45. The van der Waals surface area contributed by atoms with Crippen LogP contribution in [0.3, 0.4) is 0 Å². The van der Waals surface area contributed by atoms with Crippen molar-refractivity contribution in [2.24, 2.45) is 0 Å². The summed E-state index contributed by atoms with van der Waals surface area (Å²) < 4.78 is 5.35. The van der Waals surface area contributed by atoms with Gasteiger partial charge in [0.2, 0.25) is 0 Å². The molecule has 1 fully saturated rings. The van der Waals surface area contributed by atoms with E-state index < -0.39 is 0 Å². The summed E-state index contributed by atoms with van der Waals surface area (Å²) in [4.78, 5) is 2.43. The zero-order valence-corrected chi connectivity index (χ0v) is 10.1. The number of ether oxygens (including phenoxy) is 1. The Bertz CT molecular complexity index is 370. The van der Waals surface area contributed by atoms with Crippen LogP contribution >= 0.6 is 0 Å². The molecule has 1 aliphatic rings. The molecule has 0 saturated carbocycles. The summed E-state index contributed by atoms with van der Waals surface area (Å²) in [6.07, 6.45) is 0. The molecule has 0 amide bonds. The number of benzene rings is 1. The summed E-state index contributed by atoms with van der Waals surface area (Å²) in [6.45, 7) is 9.02. The average molecular weight is 220 g/mol. The number of anilines is 1. The molecule has 0 radical (unpaired) electrons. The summed E-state index contributed by atoms with van der Waals surface area (Å²) >= 11 is 0. The molecular weight excluding hydrogens is 200 g/mol. The van der Waals surface area contributed by atoms with Gasteiger partial charge in [-0.1, -0.05) is 6.07 Å². The van der Waals surface area contributed by atoms with E-state index in [1.54, 1.807) is 0 Å². The van der Waals surface area contributed by atoms with E-state index in [1.165, 1.54) is 16.7 Å². The summed E-state index contributed by atoms with van der Waals surface area (Å²) in [5, 5.41) is 0. The lowest BCUT2D eigenvalue weighted by Crippen LogP contribution is -2.35. The Hall–Kier alpha value is -1.06. The van der Waals surface area contributed by atoms with Gasteiger partial charge in [-0.2, -0.15) is 0 Å². The van der Waals surface area contributed by atoms with E-state index in [4.69, 9.17) is 10.5 Å². The maximum atomic E-state index is 5.89. The van der Waals surface area contributed by atoms with E-state index in [0.29, 0.717) is 0 Å². The first-order chi connectivity index (χ1) is 7.68. The lowest BCUT2D eigenvalue weighted by Gasteiger charge is -2.27. The van der Waals surface area contributed by atoms with E-state index in [0.717, 1.165) is 38.5 Å². The Kier molecular flexibility index (Phi) is 3.46. The van der Waals surface area contributed by atoms with Gasteiger partial charge in [0, 0.05) is 25.3 Å². The van der Waals surface area contributed by atoms with Gasteiger partial charge in [-0.25, -0.2) is 0 Å². The van der Waals surface area contributed by atoms with Crippen molar-refractivity contribution in [2.75, 3.05) is 32.0 Å². The highest BCUT2D eigenvalue weighted by Gasteiger charge is 2.12. The van der Waals surface area contributed by atoms with Gasteiger partial charge < -0.3 is 10.5 Å². The molecule has 1 aromatic rings. The van der Waals surface area contributed by atoms with Gasteiger partial charge in [-0.15, -0.1) is 0 Å². The molecule has 0 bridgehead atoms. The Morgan fingerprint density at radius 1 is 1.19 bits per heavy atom. The quantitative estimate of drug-likeness (QED) is 0.771. The van der Waals surface area contributed by atoms with Crippen LogP contribution in [0.25, 0.3) is 0 Å². The van der Waals surface area contributed by atoms with E-state index in [2.05, 4.69) is 24.8 Å². The Morgan fingerprint density at radius 2 is 1.88 bits per heavy atom. The smallest absolute Gasteiger partial charge is 0.0594 e. The largest absolute Gasteiger partial charge is 0.399 e. The molecule has 1 aromatic carbocycles. The molecule has 1 saturated heterocycles. The summed E-state index contributed by atoms with van der Waals surface area (Å²) in [5.74, 6) is 0. The Labute approximate surface area is 97.2 Å². The van der Waals surface area contributed by atoms with Crippen molar-refractivity contribution >= 4 is 5.69 Å². The Balaban J connectivity index is 2.11. The normalized spacial score (nSPS) is 17.6. The van der Waals surface area contributed by atoms with Crippen molar-refractivity contribution in [3.05, 3.63) is 28.8 Å². The topological polar surface area (TPSA) is 38.5 Å². The zero-order valence-electron chi connectivity index (χ0n) is 10.1. The van der Waals surface area contributed by atoms with E-state index >= 15 is 0 Å². The fraction of sp³-hybridized carbons (Fsp3) is 0.538. The maximum Gasteiger partial charge on any atom is 0.0594 e. The highest BCUT2D eigenvalue weighted by Crippen LogP contribution is 2.20. The fourth-order valence-electron chi connectivity index (χ4n) is 2.07. The molecule has 0 aliphatic carbocycles. The lowest BCUT2D eigenvalue weighted by atomic mass is 10.0. The van der Waals surface area contributed by atoms with Crippen LogP contribution in [0.15, 0.2) is 12.1 Å². The zero-order chi connectivity index (χ0) is 11.5. The lowest BCUT2D eigenvalue weighted by molar-refractivity contribution is 0.0341. The number of hydrogen-bond donors (Lipinski definition) is 1. The van der Waals surface area contributed by atoms with Gasteiger partial charge in [-0.3, -0.25) is 4.90 Å². The highest BCUT2D eigenvalue weighted by molar-refractivity contribution is 5.52. The molecule has 0 aromatic heterocycles. The van der Waals surface area contributed by atoms with E-state index in [-0.39, 0.29) is 0 Å². The molecule has 1 heterocycles. The van der Waals surface area contributed by atoms with Gasteiger partial charge in [0.25, 0.3) is 0 Å². The van der Waals surface area contributed by atoms with Gasteiger partial charge in [0.1, 0.15) is 0 Å². The number of nitrogens with zero attached hydrogens (tertiary/aromatic N) is 1. The monoisotopic (exact) mass is 220 g/mol. The minimum atomic E-state index is 0.854. The second-order valence-corrected chi connectivity index (χ2v) is 4.45. The van der Waals surface area contributed by atoms with Crippen LogP contribution in [0.4, 0.5) is 5.69 Å². The van der Waals surface area contributed by atoms with Crippen LogP contribution in [0.1, 0.15) is 16.7 Å². The first kappa shape index (κ1) is 11.4. The minimum absolute atomic E-state index is 0.854. The maximum absolute atomic E-state index is 5.89. The van der Waals surface area contributed by atoms with Gasteiger partial charge in [0.15, 0.2) is 0 Å². The van der Waals surface area contributed by atoms with Gasteiger partial charge >= 0.3 is 0 Å². The number of hydrogen-bond acceptors (Lipinski definition) is 3. The molecule has 0 unspecified atom stereocenters. The average Bonchev–Trinajstić information content (AvgIpc) is 2.31. The molecule has 88 valence electrons. The van der Waals surface area contributed by atoms with Gasteiger partial charge in [-0.05, 0) is 36.6 Å². The minimum Gasteiger partial charge on any atom is -0.399 e. The number of rotatable bonds is 2. The van der Waals surface area contributed by atoms with Crippen molar-refractivity contribution in [1.82, 2.24) is 4.90 Å². The molecule has 2 N–H and O–H groups in total. The fourth-order valence-corrected chi connectivity index (χ4v) is 2.07. The van der Waals surface area contributed by atoms with Crippen LogP contribution in [0.5, 0.6) is 0 Å². The van der Waals surface area contributed by atoms with Crippen LogP contribution < -0.4 is 5.73 Å². The second kappa shape index (κ2) is 4.85. The molecule has 1 aliphatic heterocycles. The summed E-state index contributed by atoms with van der Waals surface area (Å²) in [6, 6.07) is 4.16. The molecule has 0 atom stereocenters. The number of nitrogen functional groups attached to an aromatic ring is 1.